The van der Waals surface area contributed by atoms with Crippen LogP contribution >= 0.6 is 15.9 Å². The van der Waals surface area contributed by atoms with E-state index in [9.17, 15) is 13.2 Å². The van der Waals surface area contributed by atoms with Crippen molar-refractivity contribution >= 4 is 21.7 Å². The van der Waals surface area contributed by atoms with Gasteiger partial charge in [0.05, 0.1) is 5.92 Å². The molecule has 0 N–H and O–H groups in total. The van der Waals surface area contributed by atoms with E-state index in [0.717, 1.165) is 0 Å². The lowest BCUT2D eigenvalue weighted by molar-refractivity contribution is -0.179. The van der Waals surface area contributed by atoms with Crippen molar-refractivity contribution in [2.45, 2.75) is 38.8 Å². The van der Waals surface area contributed by atoms with Gasteiger partial charge < -0.3 is 4.90 Å². The number of piperidine rings is 1. The molecule has 0 radical (unpaired) electrons. The van der Waals surface area contributed by atoms with Gasteiger partial charge in [0.2, 0.25) is 0 Å². The van der Waals surface area contributed by atoms with Gasteiger partial charge in [-0.15, -0.1) is 0 Å². The van der Waals surface area contributed by atoms with Crippen LogP contribution in [0, 0.1) is 5.92 Å². The second kappa shape index (κ2) is 5.87. The van der Waals surface area contributed by atoms with Crippen LogP contribution in [0.1, 0.15) is 38.4 Å². The van der Waals surface area contributed by atoms with Crippen molar-refractivity contribution in [1.82, 2.24) is 9.97 Å². The predicted octanol–water partition coefficient (Wildman–Crippen LogP) is 4.14. The van der Waals surface area contributed by atoms with E-state index >= 15 is 0 Å². The molecular weight excluding hydrogens is 335 g/mol. The molecule has 0 aliphatic carbocycles. The number of halogens is 4. The first kappa shape index (κ1) is 15.5. The molecule has 1 aromatic rings. The van der Waals surface area contributed by atoms with Crippen molar-refractivity contribution in [2.24, 2.45) is 5.92 Å². The van der Waals surface area contributed by atoms with Gasteiger partial charge in [0.15, 0.2) is 0 Å². The molecule has 0 spiro atoms. The van der Waals surface area contributed by atoms with Gasteiger partial charge in [-0.05, 0) is 28.8 Å². The molecule has 20 heavy (non-hydrogen) atoms. The van der Waals surface area contributed by atoms with Crippen molar-refractivity contribution in [1.29, 1.82) is 0 Å². The maximum absolute atomic E-state index is 12.7. The summed E-state index contributed by atoms with van der Waals surface area (Å²) in [5.41, 5.74) is 0. The summed E-state index contributed by atoms with van der Waals surface area (Å²) in [6.07, 6.45) is -3.83. The molecule has 0 saturated carbocycles. The zero-order valence-electron chi connectivity index (χ0n) is 11.4. The van der Waals surface area contributed by atoms with Crippen molar-refractivity contribution in [3.8, 4) is 0 Å². The highest BCUT2D eigenvalue weighted by molar-refractivity contribution is 9.10. The van der Waals surface area contributed by atoms with Gasteiger partial charge >= 0.3 is 6.18 Å². The van der Waals surface area contributed by atoms with E-state index in [1.165, 1.54) is 0 Å². The molecule has 1 aromatic heterocycles. The van der Waals surface area contributed by atoms with Crippen LogP contribution in [0.5, 0.6) is 0 Å². The Morgan fingerprint density at radius 1 is 1.25 bits per heavy atom. The van der Waals surface area contributed by atoms with E-state index < -0.39 is 12.1 Å². The monoisotopic (exact) mass is 351 g/mol. The first-order chi connectivity index (χ1) is 9.27. The molecule has 3 nitrogen and oxygen atoms in total. The largest absolute Gasteiger partial charge is 0.391 e. The third-order valence-corrected chi connectivity index (χ3v) is 3.90. The third-order valence-electron chi connectivity index (χ3n) is 3.50. The molecule has 1 fully saturated rings. The van der Waals surface area contributed by atoms with Gasteiger partial charge in [-0.1, -0.05) is 13.8 Å². The molecule has 0 bridgehead atoms. The molecule has 2 rings (SSSR count). The van der Waals surface area contributed by atoms with Crippen LogP contribution in [0.2, 0.25) is 0 Å². The molecule has 1 saturated heterocycles. The van der Waals surface area contributed by atoms with Gasteiger partial charge in [0, 0.05) is 25.1 Å². The highest BCUT2D eigenvalue weighted by Gasteiger charge is 2.41. The molecule has 0 atom stereocenters. The second-order valence-electron chi connectivity index (χ2n) is 5.36. The molecule has 7 heteroatoms. The number of alkyl halides is 3. The highest BCUT2D eigenvalue weighted by atomic mass is 79.9. The lowest BCUT2D eigenvalue weighted by Gasteiger charge is -2.33. The van der Waals surface area contributed by atoms with Gasteiger partial charge in [0.25, 0.3) is 0 Å². The fraction of sp³-hybridized carbons (Fsp3) is 0.692. The quantitative estimate of drug-likeness (QED) is 0.749. The normalized spacial score (nSPS) is 17.9. The smallest absolute Gasteiger partial charge is 0.356 e. The number of nitrogens with zero attached hydrogens (tertiary/aromatic N) is 3. The lowest BCUT2D eigenvalue weighted by atomic mass is 9.96. The number of hydrogen-bond acceptors (Lipinski definition) is 3. The summed E-state index contributed by atoms with van der Waals surface area (Å²) in [6, 6.07) is 1.76. The standard InChI is InChI=1S/C13H17BrF3N3/c1-8(2)12-18-10(14)7-11(19-12)20-5-3-9(4-6-20)13(15,16)17/h7-9H,3-6H2,1-2H3. The molecule has 0 amide bonds. The second-order valence-corrected chi connectivity index (χ2v) is 6.18. The minimum atomic E-state index is -4.08. The maximum Gasteiger partial charge on any atom is 0.391 e. The van der Waals surface area contributed by atoms with Crippen LogP contribution in [0.15, 0.2) is 10.7 Å². The van der Waals surface area contributed by atoms with Crippen molar-refractivity contribution in [3.63, 3.8) is 0 Å². The Bertz CT molecular complexity index is 468. The Labute approximate surface area is 124 Å². The van der Waals surface area contributed by atoms with E-state index in [-0.39, 0.29) is 18.8 Å². The van der Waals surface area contributed by atoms with Crippen molar-refractivity contribution in [2.75, 3.05) is 18.0 Å². The maximum atomic E-state index is 12.7. The van der Waals surface area contributed by atoms with Gasteiger partial charge in [0.1, 0.15) is 16.2 Å². The molecule has 112 valence electrons. The van der Waals surface area contributed by atoms with Crippen molar-refractivity contribution in [3.05, 3.63) is 16.5 Å². The zero-order valence-corrected chi connectivity index (χ0v) is 13.0. The van der Waals surface area contributed by atoms with Crippen molar-refractivity contribution < 1.29 is 13.2 Å². The highest BCUT2D eigenvalue weighted by Crippen LogP contribution is 2.35. The minimum absolute atomic E-state index is 0.127. The molecule has 0 aromatic carbocycles. The number of rotatable bonds is 2. The van der Waals surface area contributed by atoms with Crippen LogP contribution in [0.25, 0.3) is 0 Å². The topological polar surface area (TPSA) is 29.0 Å². The van der Waals surface area contributed by atoms with Crippen LogP contribution in [-0.2, 0) is 0 Å². The Morgan fingerprint density at radius 2 is 1.85 bits per heavy atom. The number of aromatic nitrogens is 2. The number of anilines is 1. The molecule has 1 aliphatic heterocycles. The van der Waals surface area contributed by atoms with Gasteiger partial charge in [-0.3, -0.25) is 0 Å². The molecule has 2 heterocycles. The summed E-state index contributed by atoms with van der Waals surface area (Å²) in [4.78, 5) is 10.6. The fourth-order valence-electron chi connectivity index (χ4n) is 2.28. The van der Waals surface area contributed by atoms with E-state index in [4.69, 9.17) is 0 Å². The van der Waals surface area contributed by atoms with E-state index in [1.54, 1.807) is 6.07 Å². The molecular formula is C13H17BrF3N3. The van der Waals surface area contributed by atoms with Crippen LogP contribution < -0.4 is 4.90 Å². The average Bonchev–Trinajstić information content (AvgIpc) is 2.37. The first-order valence-electron chi connectivity index (χ1n) is 6.63. The summed E-state index contributed by atoms with van der Waals surface area (Å²) in [7, 11) is 0. The summed E-state index contributed by atoms with van der Waals surface area (Å²) < 4.78 is 38.6. The summed E-state index contributed by atoms with van der Waals surface area (Å²) >= 11 is 3.33. The Hall–Kier alpha value is -0.850. The Balaban J connectivity index is 2.11. The first-order valence-corrected chi connectivity index (χ1v) is 7.43. The lowest BCUT2D eigenvalue weighted by Crippen LogP contribution is -2.39. The predicted molar refractivity (Wildman–Crippen MR) is 74.8 cm³/mol. The van der Waals surface area contributed by atoms with Crippen LogP contribution in [-0.4, -0.2) is 29.2 Å². The summed E-state index contributed by atoms with van der Waals surface area (Å²) in [5, 5.41) is 0. The van der Waals surface area contributed by atoms with Crippen LogP contribution in [0.4, 0.5) is 19.0 Å². The Morgan fingerprint density at radius 3 is 2.35 bits per heavy atom. The fourth-order valence-corrected chi connectivity index (χ4v) is 2.67. The van der Waals surface area contributed by atoms with E-state index in [0.29, 0.717) is 29.3 Å². The Kier molecular flexibility index (Phi) is 4.56. The molecule has 1 aliphatic rings. The van der Waals surface area contributed by atoms with Gasteiger partial charge in [-0.25, -0.2) is 9.97 Å². The summed E-state index contributed by atoms with van der Waals surface area (Å²) in [6.45, 7) is 4.74. The SMILES string of the molecule is CC(C)c1nc(Br)cc(N2CCC(C(F)(F)F)CC2)n1. The van der Waals surface area contributed by atoms with E-state index in [1.807, 2.05) is 18.7 Å². The average molecular weight is 352 g/mol. The number of hydrogen-bond donors (Lipinski definition) is 0. The molecule has 0 unspecified atom stereocenters. The minimum Gasteiger partial charge on any atom is -0.356 e. The van der Waals surface area contributed by atoms with Gasteiger partial charge in [-0.2, -0.15) is 13.2 Å². The van der Waals surface area contributed by atoms with E-state index in [2.05, 4.69) is 25.9 Å². The summed E-state index contributed by atoms with van der Waals surface area (Å²) in [5.74, 6) is 0.399. The van der Waals surface area contributed by atoms with Crippen LogP contribution in [0.3, 0.4) is 0 Å². The third kappa shape index (κ3) is 3.62. The zero-order chi connectivity index (χ0) is 14.9.